The van der Waals surface area contributed by atoms with E-state index in [1.165, 1.54) is 0 Å². The molecule has 0 saturated carbocycles. The summed E-state index contributed by atoms with van der Waals surface area (Å²) in [5.41, 5.74) is 7.33. The van der Waals surface area contributed by atoms with Crippen LogP contribution in [0.5, 0.6) is 0 Å². The fraction of sp³-hybridized carbons (Fsp3) is 0.214. The number of hydrogen-bond donors (Lipinski definition) is 2. The molecule has 1 heterocycles. The van der Waals surface area contributed by atoms with Crippen LogP contribution < -0.4 is 11.1 Å². The van der Waals surface area contributed by atoms with Crippen molar-refractivity contribution in [2.75, 3.05) is 11.1 Å². The predicted octanol–water partition coefficient (Wildman–Crippen LogP) is 3.24. The Morgan fingerprint density at radius 3 is 2.56 bits per heavy atom. The van der Waals surface area contributed by atoms with Crippen molar-refractivity contribution < 1.29 is 9.21 Å². The lowest BCUT2D eigenvalue weighted by Crippen LogP contribution is -2.12. The van der Waals surface area contributed by atoms with E-state index in [1.807, 2.05) is 24.3 Å². The van der Waals surface area contributed by atoms with Crippen LogP contribution in [0.3, 0.4) is 0 Å². The normalized spacial score (nSPS) is 10.6. The number of nitrogens with two attached hydrogens (primary N) is 1. The summed E-state index contributed by atoms with van der Waals surface area (Å²) in [6.07, 6.45) is 0. The van der Waals surface area contributed by atoms with Crippen LogP contribution in [0, 0.1) is 0 Å². The van der Waals surface area contributed by atoms with Crippen LogP contribution in [0.25, 0.3) is 0 Å². The monoisotopic (exact) mass is 244 g/mol. The Hall–Kier alpha value is -2.23. The number of carbonyl (C=O) groups is 1. The molecule has 0 aliphatic carbocycles. The van der Waals surface area contributed by atoms with Crippen LogP contribution in [0.15, 0.2) is 40.8 Å². The largest absolute Gasteiger partial charge is 0.436 e. The number of para-hydroxylation sites is 1. The van der Waals surface area contributed by atoms with Gasteiger partial charge in [0, 0.05) is 11.8 Å². The van der Waals surface area contributed by atoms with Crippen molar-refractivity contribution in [1.82, 2.24) is 0 Å². The molecule has 0 saturated heterocycles. The zero-order valence-electron chi connectivity index (χ0n) is 10.4. The molecular weight excluding hydrogens is 228 g/mol. The van der Waals surface area contributed by atoms with Crippen LogP contribution in [-0.4, -0.2) is 5.91 Å². The van der Waals surface area contributed by atoms with E-state index in [4.69, 9.17) is 10.2 Å². The van der Waals surface area contributed by atoms with Gasteiger partial charge in [0.25, 0.3) is 5.91 Å². The van der Waals surface area contributed by atoms with Crippen molar-refractivity contribution in [3.05, 3.63) is 47.7 Å². The van der Waals surface area contributed by atoms with Crippen LogP contribution in [0.4, 0.5) is 11.6 Å². The topological polar surface area (TPSA) is 68.3 Å². The van der Waals surface area contributed by atoms with Gasteiger partial charge in [-0.15, -0.1) is 0 Å². The predicted molar refractivity (Wildman–Crippen MR) is 71.6 cm³/mol. The lowest BCUT2D eigenvalue weighted by atomic mass is 10.0. The third-order valence-electron chi connectivity index (χ3n) is 2.68. The zero-order chi connectivity index (χ0) is 13.1. The van der Waals surface area contributed by atoms with Crippen LogP contribution in [0.1, 0.15) is 35.9 Å². The average molecular weight is 244 g/mol. The molecule has 18 heavy (non-hydrogen) atoms. The Morgan fingerprint density at radius 2 is 1.94 bits per heavy atom. The second-order valence-electron chi connectivity index (χ2n) is 4.40. The molecule has 0 bridgehead atoms. The number of hydrogen-bond acceptors (Lipinski definition) is 3. The van der Waals surface area contributed by atoms with Crippen molar-refractivity contribution in [2.24, 2.45) is 0 Å². The summed E-state index contributed by atoms with van der Waals surface area (Å²) >= 11 is 0. The van der Waals surface area contributed by atoms with Gasteiger partial charge in [-0.05, 0) is 23.6 Å². The fourth-order valence-electron chi connectivity index (χ4n) is 1.77. The lowest BCUT2D eigenvalue weighted by Gasteiger charge is -2.12. The third kappa shape index (κ3) is 2.53. The van der Waals surface area contributed by atoms with Gasteiger partial charge in [0.15, 0.2) is 11.6 Å². The molecule has 3 N–H and O–H groups in total. The molecule has 0 atom stereocenters. The minimum atomic E-state index is -0.292. The molecule has 0 unspecified atom stereocenters. The van der Waals surface area contributed by atoms with E-state index in [0.29, 0.717) is 5.92 Å². The number of nitrogen functional groups attached to an aromatic ring is 1. The first-order chi connectivity index (χ1) is 8.58. The summed E-state index contributed by atoms with van der Waals surface area (Å²) < 4.78 is 5.08. The summed E-state index contributed by atoms with van der Waals surface area (Å²) in [4.78, 5) is 11.9. The van der Waals surface area contributed by atoms with Gasteiger partial charge >= 0.3 is 0 Å². The number of amides is 1. The van der Waals surface area contributed by atoms with E-state index in [0.717, 1.165) is 11.3 Å². The van der Waals surface area contributed by atoms with Gasteiger partial charge in [0.2, 0.25) is 0 Å². The van der Waals surface area contributed by atoms with E-state index in [2.05, 4.69) is 19.2 Å². The number of anilines is 2. The van der Waals surface area contributed by atoms with E-state index >= 15 is 0 Å². The van der Waals surface area contributed by atoms with Gasteiger partial charge in [-0.2, -0.15) is 0 Å². The second kappa shape index (κ2) is 4.96. The van der Waals surface area contributed by atoms with Gasteiger partial charge < -0.3 is 15.5 Å². The number of nitrogens with one attached hydrogen (secondary N) is 1. The highest BCUT2D eigenvalue weighted by molar-refractivity contribution is 6.02. The maximum Gasteiger partial charge on any atom is 0.291 e. The highest BCUT2D eigenvalue weighted by Crippen LogP contribution is 2.24. The number of benzene rings is 1. The van der Waals surface area contributed by atoms with Crippen molar-refractivity contribution in [1.29, 1.82) is 0 Å². The third-order valence-corrected chi connectivity index (χ3v) is 2.68. The van der Waals surface area contributed by atoms with E-state index in [-0.39, 0.29) is 17.6 Å². The summed E-state index contributed by atoms with van der Waals surface area (Å²) in [5.74, 6) is 0.492. The molecule has 1 aromatic heterocycles. The number of rotatable bonds is 3. The molecule has 94 valence electrons. The van der Waals surface area contributed by atoms with Gasteiger partial charge in [0.1, 0.15) is 0 Å². The van der Waals surface area contributed by atoms with Gasteiger partial charge in [-0.25, -0.2) is 0 Å². The van der Waals surface area contributed by atoms with Gasteiger partial charge in [0.05, 0.1) is 0 Å². The molecule has 0 fully saturated rings. The summed E-state index contributed by atoms with van der Waals surface area (Å²) in [6.45, 7) is 4.16. The summed E-state index contributed by atoms with van der Waals surface area (Å²) in [7, 11) is 0. The standard InChI is InChI=1S/C14H16N2O2/c1-9(2)10-5-3-4-6-11(10)16-14(17)12-7-8-13(15)18-12/h3-9H,15H2,1-2H3,(H,16,17). The highest BCUT2D eigenvalue weighted by Gasteiger charge is 2.13. The molecule has 1 aromatic carbocycles. The fourth-order valence-corrected chi connectivity index (χ4v) is 1.77. The van der Waals surface area contributed by atoms with E-state index < -0.39 is 0 Å². The van der Waals surface area contributed by atoms with Crippen molar-refractivity contribution in [2.45, 2.75) is 19.8 Å². The zero-order valence-corrected chi connectivity index (χ0v) is 10.4. The molecule has 4 nitrogen and oxygen atoms in total. The molecular formula is C14H16N2O2. The Kier molecular flexibility index (Phi) is 3.37. The molecule has 0 spiro atoms. The lowest BCUT2D eigenvalue weighted by molar-refractivity contribution is 0.0997. The second-order valence-corrected chi connectivity index (χ2v) is 4.40. The summed E-state index contributed by atoms with van der Waals surface area (Å²) in [5, 5.41) is 2.83. The summed E-state index contributed by atoms with van der Waals surface area (Å²) in [6, 6.07) is 10.8. The first-order valence-electron chi connectivity index (χ1n) is 5.83. The molecule has 0 radical (unpaired) electrons. The van der Waals surface area contributed by atoms with Crippen LogP contribution >= 0.6 is 0 Å². The SMILES string of the molecule is CC(C)c1ccccc1NC(=O)c1ccc(N)o1. The molecule has 0 aliphatic heterocycles. The molecule has 4 heteroatoms. The van der Waals surface area contributed by atoms with Crippen molar-refractivity contribution >= 4 is 17.5 Å². The minimum Gasteiger partial charge on any atom is -0.436 e. The molecule has 0 aliphatic rings. The Morgan fingerprint density at radius 1 is 1.22 bits per heavy atom. The smallest absolute Gasteiger partial charge is 0.291 e. The minimum absolute atomic E-state index is 0.214. The van der Waals surface area contributed by atoms with Gasteiger partial charge in [-0.1, -0.05) is 32.0 Å². The van der Waals surface area contributed by atoms with Crippen molar-refractivity contribution in [3.63, 3.8) is 0 Å². The highest BCUT2D eigenvalue weighted by atomic mass is 16.4. The Labute approximate surface area is 106 Å². The quantitative estimate of drug-likeness (QED) is 0.870. The maximum absolute atomic E-state index is 11.9. The molecule has 2 rings (SSSR count). The molecule has 2 aromatic rings. The van der Waals surface area contributed by atoms with Gasteiger partial charge in [-0.3, -0.25) is 4.79 Å². The Bertz CT molecular complexity index is 558. The molecule has 1 amide bonds. The average Bonchev–Trinajstić information content (AvgIpc) is 2.76. The van der Waals surface area contributed by atoms with E-state index in [9.17, 15) is 4.79 Å². The maximum atomic E-state index is 11.9. The van der Waals surface area contributed by atoms with Crippen LogP contribution in [-0.2, 0) is 0 Å². The van der Waals surface area contributed by atoms with E-state index in [1.54, 1.807) is 12.1 Å². The van der Waals surface area contributed by atoms with Crippen molar-refractivity contribution in [3.8, 4) is 0 Å². The number of carbonyl (C=O) groups excluding carboxylic acids is 1. The first-order valence-corrected chi connectivity index (χ1v) is 5.83. The number of furan rings is 1. The first kappa shape index (κ1) is 12.2. The Balaban J connectivity index is 2.22. The van der Waals surface area contributed by atoms with Crippen LogP contribution in [0.2, 0.25) is 0 Å².